The number of carbonyl (C=O) groups excluding carboxylic acids is 3. The molecule has 5 aliphatic rings. The molecule has 6 heterocycles. The summed E-state index contributed by atoms with van der Waals surface area (Å²) < 4.78 is 24.9. The first-order chi connectivity index (χ1) is 20.8. The zero-order chi connectivity index (χ0) is 30.3. The van der Waals surface area contributed by atoms with Crippen LogP contribution in [-0.2, 0) is 34.4 Å². The minimum Gasteiger partial charge on any atom is -0.496 e. The largest absolute Gasteiger partial charge is 0.496 e. The summed E-state index contributed by atoms with van der Waals surface area (Å²) in [4.78, 5) is 40.4. The van der Waals surface area contributed by atoms with E-state index in [1.165, 1.54) is 18.9 Å². The molecule has 0 aliphatic carbocycles. The Morgan fingerprint density at radius 2 is 1.91 bits per heavy atom. The van der Waals surface area contributed by atoms with E-state index in [0.717, 1.165) is 11.1 Å². The molecule has 0 saturated carbocycles. The molecule has 1 saturated heterocycles. The molecule has 0 unspecified atom stereocenters. The molecule has 3 amide bonds. The number of nitrogens with one attached hydrogen (secondary N) is 2. The number of methoxy groups -OCH3 is 2. The van der Waals surface area contributed by atoms with Crippen molar-refractivity contribution in [2.24, 2.45) is 7.05 Å². The second kappa shape index (κ2) is 13.7. The second-order valence-corrected chi connectivity index (χ2v) is 11.1. The highest BCUT2D eigenvalue weighted by Gasteiger charge is 2.38. The molecule has 1 aromatic heterocycles. The second-order valence-electron chi connectivity index (χ2n) is 10.2. The van der Waals surface area contributed by atoms with Gasteiger partial charge in [0.05, 0.1) is 32.6 Å². The standard InChI is InChI=1S/C29H34N6O7S/c1-34-17-31-33-29(34)43-16-28(38)35-13-21-25(14-35)42-20-7-6-19(23(11-20)39-2)12-30-26(36)9-5-18-4-8-22(24(10-18)40-3)41-15-27(37)32-21/h4,6-8,10-11,17,21,25H,5,9,12-16H2,1-3H3,(H,30,36)(H,32,37)/t21-,25-/m1/s1. The van der Waals surface area contributed by atoms with Crippen LogP contribution in [0.5, 0.6) is 23.0 Å². The predicted molar refractivity (Wildman–Crippen MR) is 156 cm³/mol. The first-order valence-electron chi connectivity index (χ1n) is 13.8. The summed E-state index contributed by atoms with van der Waals surface area (Å²) in [6, 6.07) is 10.2. The van der Waals surface area contributed by atoms with E-state index in [9.17, 15) is 14.4 Å². The van der Waals surface area contributed by atoms with Gasteiger partial charge in [-0.15, -0.1) is 10.2 Å². The van der Waals surface area contributed by atoms with Crippen LogP contribution in [0.25, 0.3) is 0 Å². The van der Waals surface area contributed by atoms with Crippen LogP contribution < -0.4 is 29.6 Å². The van der Waals surface area contributed by atoms with E-state index in [1.807, 2.05) is 19.2 Å². The van der Waals surface area contributed by atoms with Crippen molar-refractivity contribution in [2.45, 2.75) is 36.7 Å². The molecule has 8 rings (SSSR count). The number of benzene rings is 2. The highest BCUT2D eigenvalue weighted by atomic mass is 32.2. The first kappa shape index (κ1) is 30.0. The summed E-state index contributed by atoms with van der Waals surface area (Å²) in [6.45, 7) is 0.541. The quantitative estimate of drug-likeness (QED) is 0.406. The topological polar surface area (TPSA) is 146 Å². The van der Waals surface area contributed by atoms with Crippen LogP contribution in [0.3, 0.4) is 0 Å². The third-order valence-electron chi connectivity index (χ3n) is 7.21. The molecule has 1 fully saturated rings. The molecule has 14 heteroatoms. The van der Waals surface area contributed by atoms with E-state index >= 15 is 0 Å². The molecule has 0 radical (unpaired) electrons. The Morgan fingerprint density at radius 3 is 2.67 bits per heavy atom. The molecular formula is C29H34N6O7S. The lowest BCUT2D eigenvalue weighted by Crippen LogP contribution is -2.47. The molecule has 5 aliphatic heterocycles. The molecule has 228 valence electrons. The number of aryl methyl sites for hydroxylation is 2. The van der Waals surface area contributed by atoms with E-state index in [0.29, 0.717) is 34.6 Å². The van der Waals surface area contributed by atoms with Crippen LogP contribution in [0.1, 0.15) is 17.5 Å². The fourth-order valence-electron chi connectivity index (χ4n) is 4.89. The van der Waals surface area contributed by atoms with Gasteiger partial charge >= 0.3 is 0 Å². The number of ether oxygens (including phenoxy) is 4. The Hall–Kier alpha value is -4.46. The Balaban J connectivity index is 1.37. The van der Waals surface area contributed by atoms with Gasteiger partial charge in [0.15, 0.2) is 23.3 Å². The molecule has 43 heavy (non-hydrogen) atoms. The minimum absolute atomic E-state index is 0.108. The van der Waals surface area contributed by atoms with E-state index < -0.39 is 12.1 Å². The molecule has 2 aromatic carbocycles. The van der Waals surface area contributed by atoms with Crippen LogP contribution in [0.15, 0.2) is 47.9 Å². The minimum atomic E-state index is -0.539. The summed E-state index contributed by atoms with van der Waals surface area (Å²) in [5.41, 5.74) is 1.68. The smallest absolute Gasteiger partial charge is 0.258 e. The van der Waals surface area contributed by atoms with Gasteiger partial charge in [-0.05, 0) is 36.2 Å². The fourth-order valence-corrected chi connectivity index (χ4v) is 5.68. The number of hydrogen-bond acceptors (Lipinski definition) is 10. The molecule has 2 atom stereocenters. The van der Waals surface area contributed by atoms with Crippen molar-refractivity contribution >= 4 is 29.5 Å². The van der Waals surface area contributed by atoms with Gasteiger partial charge in [0.25, 0.3) is 5.91 Å². The highest BCUT2D eigenvalue weighted by molar-refractivity contribution is 7.99. The number of nitrogens with zero attached hydrogens (tertiary/aromatic N) is 4. The van der Waals surface area contributed by atoms with Gasteiger partial charge in [0, 0.05) is 38.2 Å². The zero-order valence-corrected chi connectivity index (χ0v) is 25.0. The monoisotopic (exact) mass is 610 g/mol. The molecule has 4 bridgehead atoms. The Kier molecular flexibility index (Phi) is 9.55. The summed E-state index contributed by atoms with van der Waals surface area (Å²) in [6.07, 6.45) is 1.82. The van der Waals surface area contributed by atoms with Crippen LogP contribution >= 0.6 is 11.8 Å². The summed E-state index contributed by atoms with van der Waals surface area (Å²) >= 11 is 1.29. The van der Waals surface area contributed by atoms with Crippen LogP contribution in [0.2, 0.25) is 0 Å². The van der Waals surface area contributed by atoms with Crippen molar-refractivity contribution in [1.29, 1.82) is 0 Å². The fraction of sp³-hybridized carbons (Fsp3) is 0.414. The zero-order valence-electron chi connectivity index (χ0n) is 24.2. The Morgan fingerprint density at radius 1 is 1.07 bits per heavy atom. The van der Waals surface area contributed by atoms with Crippen molar-refractivity contribution in [3.8, 4) is 23.0 Å². The van der Waals surface area contributed by atoms with Gasteiger partial charge < -0.3 is 39.0 Å². The van der Waals surface area contributed by atoms with E-state index in [-0.39, 0.29) is 56.1 Å². The molecule has 3 aromatic rings. The third-order valence-corrected chi connectivity index (χ3v) is 8.23. The number of thioether (sulfide) groups is 1. The molecule has 0 spiro atoms. The lowest BCUT2D eigenvalue weighted by atomic mass is 10.1. The van der Waals surface area contributed by atoms with Gasteiger partial charge in [-0.3, -0.25) is 14.4 Å². The van der Waals surface area contributed by atoms with Crippen molar-refractivity contribution in [2.75, 3.05) is 39.7 Å². The van der Waals surface area contributed by atoms with Crippen molar-refractivity contribution < 1.29 is 33.3 Å². The number of amides is 3. The molecule has 13 nitrogen and oxygen atoms in total. The molecule has 2 N–H and O–H groups in total. The van der Waals surface area contributed by atoms with E-state index in [2.05, 4.69) is 20.8 Å². The summed E-state index contributed by atoms with van der Waals surface area (Å²) in [5.74, 6) is 1.49. The third kappa shape index (κ3) is 7.49. The maximum absolute atomic E-state index is 13.2. The number of rotatable bonds is 5. The van der Waals surface area contributed by atoms with Crippen molar-refractivity contribution in [1.82, 2.24) is 30.3 Å². The van der Waals surface area contributed by atoms with Crippen LogP contribution in [0, 0.1) is 0 Å². The van der Waals surface area contributed by atoms with Gasteiger partial charge in [0.1, 0.15) is 23.9 Å². The Labute approximate surface area is 253 Å². The number of aromatic nitrogens is 3. The predicted octanol–water partition coefficient (Wildman–Crippen LogP) is 1.34. The summed E-state index contributed by atoms with van der Waals surface area (Å²) in [7, 11) is 4.88. The van der Waals surface area contributed by atoms with E-state index in [1.54, 1.807) is 47.2 Å². The first-order valence-corrected chi connectivity index (χ1v) is 14.8. The van der Waals surface area contributed by atoms with E-state index in [4.69, 9.17) is 18.9 Å². The lowest BCUT2D eigenvalue weighted by Gasteiger charge is -2.22. The Bertz CT molecular complexity index is 1480. The maximum atomic E-state index is 13.2. The number of hydrogen-bond donors (Lipinski definition) is 2. The van der Waals surface area contributed by atoms with Crippen LogP contribution in [-0.4, -0.2) is 89.2 Å². The van der Waals surface area contributed by atoms with Gasteiger partial charge in [-0.25, -0.2) is 0 Å². The van der Waals surface area contributed by atoms with Gasteiger partial charge in [0.2, 0.25) is 11.8 Å². The normalized spacial score (nSPS) is 19.1. The average Bonchev–Trinajstić information content (AvgIpc) is 3.61. The van der Waals surface area contributed by atoms with Gasteiger partial charge in [-0.1, -0.05) is 17.8 Å². The molecular weight excluding hydrogens is 576 g/mol. The van der Waals surface area contributed by atoms with Crippen LogP contribution in [0.4, 0.5) is 0 Å². The van der Waals surface area contributed by atoms with Crippen molar-refractivity contribution in [3.63, 3.8) is 0 Å². The van der Waals surface area contributed by atoms with Crippen molar-refractivity contribution in [3.05, 3.63) is 53.9 Å². The highest BCUT2D eigenvalue weighted by Crippen LogP contribution is 2.30. The number of carbonyl (C=O) groups is 3. The number of likely N-dealkylation sites (tertiary alicyclic amines) is 1. The SMILES string of the molecule is COc1cc2ccc1CNC(=O)CCc1ccc(c(OC)c1)OCC(=O)N[C@@H]1CN(C(=O)CSc3nncn3C)C[C@H]1O2. The summed E-state index contributed by atoms with van der Waals surface area (Å²) in [5, 5.41) is 14.4. The van der Waals surface area contributed by atoms with Gasteiger partial charge in [-0.2, -0.15) is 0 Å². The average molecular weight is 611 g/mol. The lowest BCUT2D eigenvalue weighted by molar-refractivity contribution is -0.128. The maximum Gasteiger partial charge on any atom is 0.258 e.